The highest BCUT2D eigenvalue weighted by Gasteiger charge is 2.44. The Morgan fingerprint density at radius 2 is 2.19 bits per heavy atom. The predicted molar refractivity (Wildman–Crippen MR) is 59.8 cm³/mol. The highest BCUT2D eigenvalue weighted by Crippen LogP contribution is 2.38. The van der Waals surface area contributed by atoms with Gasteiger partial charge < -0.3 is 15.3 Å². The molecular weight excluding hydrogens is 204 g/mol. The fraction of sp³-hybridized carbons (Fsp3) is 0.917. The zero-order chi connectivity index (χ0) is 11.1. The van der Waals surface area contributed by atoms with Gasteiger partial charge in [0.05, 0.1) is 12.1 Å². The SMILES string of the molecule is O=C(C1NCC2CCCC21)N1CC[C@@H](O)C1. The molecule has 3 fully saturated rings. The molecule has 3 aliphatic rings. The van der Waals surface area contributed by atoms with Crippen molar-refractivity contribution in [2.75, 3.05) is 19.6 Å². The summed E-state index contributed by atoms with van der Waals surface area (Å²) in [5.74, 6) is 1.51. The Morgan fingerprint density at radius 3 is 2.94 bits per heavy atom. The van der Waals surface area contributed by atoms with Gasteiger partial charge in [0, 0.05) is 13.1 Å². The summed E-state index contributed by atoms with van der Waals surface area (Å²) < 4.78 is 0. The van der Waals surface area contributed by atoms with Crippen LogP contribution in [-0.4, -0.2) is 47.7 Å². The van der Waals surface area contributed by atoms with Crippen molar-refractivity contribution < 1.29 is 9.90 Å². The van der Waals surface area contributed by atoms with E-state index in [1.54, 1.807) is 0 Å². The molecule has 0 aromatic carbocycles. The fourth-order valence-corrected chi connectivity index (χ4v) is 3.60. The van der Waals surface area contributed by atoms with E-state index >= 15 is 0 Å². The van der Waals surface area contributed by atoms with E-state index in [0.717, 1.165) is 25.4 Å². The lowest BCUT2D eigenvalue weighted by Gasteiger charge is -2.24. The Balaban J connectivity index is 1.66. The highest BCUT2D eigenvalue weighted by molar-refractivity contribution is 5.83. The molecule has 4 heteroatoms. The molecule has 0 aromatic rings. The molecular formula is C12H20N2O2. The molecule has 4 atom stereocenters. The molecule has 3 rings (SSSR count). The topological polar surface area (TPSA) is 52.6 Å². The number of nitrogens with zero attached hydrogens (tertiary/aromatic N) is 1. The average Bonchev–Trinajstić information content (AvgIpc) is 2.90. The van der Waals surface area contributed by atoms with Crippen molar-refractivity contribution in [3.05, 3.63) is 0 Å². The predicted octanol–water partition coefficient (Wildman–Crippen LogP) is -0.0323. The van der Waals surface area contributed by atoms with Crippen LogP contribution in [-0.2, 0) is 4.79 Å². The van der Waals surface area contributed by atoms with Gasteiger partial charge in [0.2, 0.25) is 5.91 Å². The van der Waals surface area contributed by atoms with Crippen LogP contribution in [0.2, 0.25) is 0 Å². The minimum absolute atomic E-state index is 0.0396. The quantitative estimate of drug-likeness (QED) is 0.657. The summed E-state index contributed by atoms with van der Waals surface area (Å²) in [6.45, 7) is 2.28. The lowest BCUT2D eigenvalue weighted by atomic mass is 9.93. The number of amides is 1. The van der Waals surface area contributed by atoms with Gasteiger partial charge in [-0.1, -0.05) is 6.42 Å². The van der Waals surface area contributed by atoms with Crippen molar-refractivity contribution in [3.8, 4) is 0 Å². The van der Waals surface area contributed by atoms with Gasteiger partial charge in [0.15, 0.2) is 0 Å². The van der Waals surface area contributed by atoms with Crippen LogP contribution in [0.1, 0.15) is 25.7 Å². The van der Waals surface area contributed by atoms with Gasteiger partial charge in [-0.05, 0) is 37.6 Å². The summed E-state index contributed by atoms with van der Waals surface area (Å²) in [5, 5.41) is 12.8. The zero-order valence-corrected chi connectivity index (χ0v) is 9.56. The number of β-amino-alcohol motifs (C(OH)–C–C–N with tert-alkyl or cyclic N) is 1. The first-order valence-corrected chi connectivity index (χ1v) is 6.46. The molecule has 2 N–H and O–H groups in total. The maximum atomic E-state index is 12.3. The third-order valence-electron chi connectivity index (χ3n) is 4.49. The number of likely N-dealkylation sites (tertiary alicyclic amines) is 1. The van der Waals surface area contributed by atoms with Gasteiger partial charge in [-0.2, -0.15) is 0 Å². The molecule has 0 radical (unpaired) electrons. The molecule has 1 saturated carbocycles. The van der Waals surface area contributed by atoms with Crippen molar-refractivity contribution in [2.45, 2.75) is 37.8 Å². The van der Waals surface area contributed by atoms with Crippen molar-refractivity contribution in [1.29, 1.82) is 0 Å². The molecule has 2 aliphatic heterocycles. The average molecular weight is 224 g/mol. The van der Waals surface area contributed by atoms with Crippen LogP contribution in [0.25, 0.3) is 0 Å². The van der Waals surface area contributed by atoms with Gasteiger partial charge in [-0.3, -0.25) is 4.79 Å². The van der Waals surface area contributed by atoms with Crippen molar-refractivity contribution in [1.82, 2.24) is 10.2 Å². The van der Waals surface area contributed by atoms with E-state index in [-0.39, 0.29) is 18.1 Å². The lowest BCUT2D eigenvalue weighted by molar-refractivity contribution is -0.133. The minimum atomic E-state index is -0.301. The summed E-state index contributed by atoms with van der Waals surface area (Å²) in [7, 11) is 0. The third kappa shape index (κ3) is 1.64. The Morgan fingerprint density at radius 1 is 1.31 bits per heavy atom. The first-order chi connectivity index (χ1) is 7.75. The summed E-state index contributed by atoms with van der Waals surface area (Å²) in [6.07, 6.45) is 4.20. The summed E-state index contributed by atoms with van der Waals surface area (Å²) in [4.78, 5) is 14.1. The lowest BCUT2D eigenvalue weighted by Crippen LogP contribution is -2.45. The van der Waals surface area contributed by atoms with E-state index in [9.17, 15) is 9.90 Å². The monoisotopic (exact) mass is 224 g/mol. The zero-order valence-electron chi connectivity index (χ0n) is 9.56. The van der Waals surface area contributed by atoms with Crippen LogP contribution >= 0.6 is 0 Å². The molecule has 0 aromatic heterocycles. The van der Waals surface area contributed by atoms with Crippen molar-refractivity contribution in [3.63, 3.8) is 0 Å². The third-order valence-corrected chi connectivity index (χ3v) is 4.49. The van der Waals surface area contributed by atoms with Crippen molar-refractivity contribution in [2.24, 2.45) is 11.8 Å². The first kappa shape index (κ1) is 10.5. The molecule has 90 valence electrons. The van der Waals surface area contributed by atoms with Crippen molar-refractivity contribution >= 4 is 5.91 Å². The van der Waals surface area contributed by atoms with Crippen LogP contribution in [0.5, 0.6) is 0 Å². The van der Waals surface area contributed by atoms with Gasteiger partial charge in [0.1, 0.15) is 0 Å². The highest BCUT2D eigenvalue weighted by atomic mass is 16.3. The number of nitrogens with one attached hydrogen (secondary N) is 1. The fourth-order valence-electron chi connectivity index (χ4n) is 3.60. The van der Waals surface area contributed by atoms with Crippen LogP contribution in [0, 0.1) is 11.8 Å². The molecule has 1 amide bonds. The largest absolute Gasteiger partial charge is 0.391 e. The number of fused-ring (bicyclic) bond motifs is 1. The molecule has 0 spiro atoms. The van der Waals surface area contributed by atoms with Gasteiger partial charge in [0.25, 0.3) is 0 Å². The molecule has 4 nitrogen and oxygen atoms in total. The van der Waals surface area contributed by atoms with Crippen LogP contribution in [0.15, 0.2) is 0 Å². The number of hydrogen-bond donors (Lipinski definition) is 2. The maximum absolute atomic E-state index is 12.3. The molecule has 1 aliphatic carbocycles. The van der Waals surface area contributed by atoms with E-state index in [2.05, 4.69) is 5.32 Å². The number of hydrogen-bond acceptors (Lipinski definition) is 3. The summed E-state index contributed by atoms with van der Waals surface area (Å²) >= 11 is 0. The van der Waals surface area contributed by atoms with Gasteiger partial charge in [-0.15, -0.1) is 0 Å². The van der Waals surface area contributed by atoms with Gasteiger partial charge in [-0.25, -0.2) is 0 Å². The van der Waals surface area contributed by atoms with Crippen LogP contribution < -0.4 is 5.32 Å². The Kier molecular flexibility index (Phi) is 2.64. The second-order valence-electron chi connectivity index (χ2n) is 5.47. The number of aliphatic hydroxyl groups is 1. The first-order valence-electron chi connectivity index (χ1n) is 6.46. The smallest absolute Gasteiger partial charge is 0.240 e. The maximum Gasteiger partial charge on any atom is 0.240 e. The Labute approximate surface area is 96.0 Å². The molecule has 2 heterocycles. The molecule has 3 unspecified atom stereocenters. The Hall–Kier alpha value is -0.610. The Bertz CT molecular complexity index is 295. The molecule has 16 heavy (non-hydrogen) atoms. The second kappa shape index (κ2) is 4.00. The second-order valence-corrected chi connectivity index (χ2v) is 5.47. The van der Waals surface area contributed by atoms with E-state index in [1.165, 1.54) is 19.3 Å². The standard InChI is InChI=1S/C12H20N2O2/c15-9-4-5-14(7-9)12(16)11-10-3-1-2-8(10)6-13-11/h8-11,13,15H,1-7H2/t8?,9-,10?,11?/m1/s1. The number of carbonyl (C=O) groups is 1. The number of carbonyl (C=O) groups excluding carboxylic acids is 1. The molecule has 0 bridgehead atoms. The number of rotatable bonds is 1. The minimum Gasteiger partial charge on any atom is -0.391 e. The van der Waals surface area contributed by atoms with E-state index < -0.39 is 0 Å². The summed E-state index contributed by atoms with van der Waals surface area (Å²) in [5.41, 5.74) is 0. The number of aliphatic hydroxyl groups excluding tert-OH is 1. The normalized spacial score (nSPS) is 42.7. The van der Waals surface area contributed by atoms with E-state index in [1.807, 2.05) is 4.90 Å². The van der Waals surface area contributed by atoms with Crippen LogP contribution in [0.3, 0.4) is 0 Å². The molecule has 2 saturated heterocycles. The van der Waals surface area contributed by atoms with E-state index in [0.29, 0.717) is 12.5 Å². The van der Waals surface area contributed by atoms with E-state index in [4.69, 9.17) is 0 Å². The van der Waals surface area contributed by atoms with Gasteiger partial charge >= 0.3 is 0 Å². The van der Waals surface area contributed by atoms with Crippen LogP contribution in [0.4, 0.5) is 0 Å². The summed E-state index contributed by atoms with van der Waals surface area (Å²) in [6, 6.07) is 0.0396.